The molecule has 2 saturated heterocycles. The third kappa shape index (κ3) is 4.89. The molecule has 2 fully saturated rings. The van der Waals surface area contributed by atoms with Crippen LogP contribution in [0.4, 0.5) is 0 Å². The number of nitrogens with zero attached hydrogens (tertiary/aromatic N) is 1. The van der Waals surface area contributed by atoms with E-state index in [0.717, 1.165) is 39.0 Å². The summed E-state index contributed by atoms with van der Waals surface area (Å²) in [7, 11) is -3.38. The minimum Gasteiger partial charge on any atom is -0.381 e. The van der Waals surface area contributed by atoms with Crippen molar-refractivity contribution in [2.75, 3.05) is 39.4 Å². The Morgan fingerprint density at radius 3 is 2.86 bits per heavy atom. The van der Waals surface area contributed by atoms with Crippen LogP contribution < -0.4 is 10.0 Å². The van der Waals surface area contributed by atoms with Gasteiger partial charge in [0.25, 0.3) is 10.2 Å². The zero-order valence-corrected chi connectivity index (χ0v) is 14.0. The smallest absolute Gasteiger partial charge is 0.279 e. The summed E-state index contributed by atoms with van der Waals surface area (Å²) in [6, 6.07) is -0.0633. The lowest BCUT2D eigenvalue weighted by molar-refractivity contribution is 0.180. The van der Waals surface area contributed by atoms with Crippen molar-refractivity contribution in [3.05, 3.63) is 0 Å². The van der Waals surface area contributed by atoms with Gasteiger partial charge in [0.2, 0.25) is 0 Å². The zero-order chi connectivity index (χ0) is 15.3. The van der Waals surface area contributed by atoms with Crippen LogP contribution in [0.5, 0.6) is 0 Å². The fourth-order valence-corrected chi connectivity index (χ4v) is 4.70. The molecule has 2 aliphatic heterocycles. The second-order valence-electron chi connectivity index (χ2n) is 6.21. The number of hydrogen-bond donors (Lipinski definition) is 2. The molecule has 2 heterocycles. The molecule has 0 bridgehead atoms. The first-order valence-corrected chi connectivity index (χ1v) is 9.52. The lowest BCUT2D eigenvalue weighted by Crippen LogP contribution is -2.51. The number of piperidine rings is 1. The Kier molecular flexibility index (Phi) is 6.43. The second-order valence-corrected chi connectivity index (χ2v) is 7.91. The normalized spacial score (nSPS) is 29.6. The Labute approximate surface area is 128 Å². The van der Waals surface area contributed by atoms with Crippen LogP contribution in [-0.2, 0) is 14.9 Å². The van der Waals surface area contributed by atoms with Crippen molar-refractivity contribution in [3.8, 4) is 0 Å². The largest absolute Gasteiger partial charge is 0.381 e. The van der Waals surface area contributed by atoms with Gasteiger partial charge in [0.15, 0.2) is 0 Å². The molecule has 21 heavy (non-hydrogen) atoms. The van der Waals surface area contributed by atoms with Gasteiger partial charge in [0.1, 0.15) is 0 Å². The topological polar surface area (TPSA) is 70.7 Å². The van der Waals surface area contributed by atoms with E-state index in [-0.39, 0.29) is 6.04 Å². The maximum absolute atomic E-state index is 12.5. The summed E-state index contributed by atoms with van der Waals surface area (Å²) in [6.45, 7) is 8.50. The van der Waals surface area contributed by atoms with Crippen LogP contribution in [0.2, 0.25) is 0 Å². The zero-order valence-electron chi connectivity index (χ0n) is 13.2. The molecule has 124 valence electrons. The molecule has 3 unspecified atom stereocenters. The molecule has 0 spiro atoms. The van der Waals surface area contributed by atoms with E-state index in [2.05, 4.69) is 17.0 Å². The van der Waals surface area contributed by atoms with Crippen LogP contribution in [0.25, 0.3) is 0 Å². The summed E-state index contributed by atoms with van der Waals surface area (Å²) in [6.07, 6.45) is 2.98. The summed E-state index contributed by atoms with van der Waals surface area (Å²) in [5, 5.41) is 3.32. The fraction of sp³-hybridized carbons (Fsp3) is 1.00. The van der Waals surface area contributed by atoms with Gasteiger partial charge in [-0.1, -0.05) is 6.92 Å². The van der Waals surface area contributed by atoms with E-state index < -0.39 is 10.2 Å². The van der Waals surface area contributed by atoms with Gasteiger partial charge < -0.3 is 10.1 Å². The molecular formula is C14H29N3O3S. The van der Waals surface area contributed by atoms with Crippen LogP contribution in [0.1, 0.15) is 33.1 Å². The third-order valence-electron chi connectivity index (χ3n) is 4.51. The first-order valence-electron chi connectivity index (χ1n) is 8.08. The van der Waals surface area contributed by atoms with Gasteiger partial charge in [-0.3, -0.25) is 0 Å². The molecule has 6 nitrogen and oxygen atoms in total. The third-order valence-corrected chi connectivity index (χ3v) is 6.19. The number of hydrogen-bond acceptors (Lipinski definition) is 4. The minimum atomic E-state index is -3.38. The Hall–Kier alpha value is -0.210. The van der Waals surface area contributed by atoms with Crippen LogP contribution in [-0.4, -0.2) is 58.2 Å². The summed E-state index contributed by atoms with van der Waals surface area (Å²) >= 11 is 0. The lowest BCUT2D eigenvalue weighted by atomic mass is 10.00. The van der Waals surface area contributed by atoms with Gasteiger partial charge in [-0.05, 0) is 45.2 Å². The van der Waals surface area contributed by atoms with E-state index in [0.29, 0.717) is 31.5 Å². The van der Waals surface area contributed by atoms with Crippen LogP contribution in [0, 0.1) is 11.8 Å². The maximum Gasteiger partial charge on any atom is 0.279 e. The molecule has 0 radical (unpaired) electrons. The number of rotatable bonds is 7. The highest BCUT2D eigenvalue weighted by molar-refractivity contribution is 7.87. The summed E-state index contributed by atoms with van der Waals surface area (Å²) in [4.78, 5) is 0. The predicted molar refractivity (Wildman–Crippen MR) is 83.3 cm³/mol. The van der Waals surface area contributed by atoms with Crippen molar-refractivity contribution in [1.82, 2.24) is 14.3 Å². The Morgan fingerprint density at radius 2 is 2.19 bits per heavy atom. The molecule has 2 rings (SSSR count). The minimum absolute atomic E-state index is 0.0633. The fourth-order valence-electron chi connectivity index (χ4n) is 3.11. The van der Waals surface area contributed by atoms with Crippen molar-refractivity contribution >= 4 is 10.2 Å². The van der Waals surface area contributed by atoms with E-state index in [4.69, 9.17) is 4.74 Å². The van der Waals surface area contributed by atoms with Gasteiger partial charge in [-0.2, -0.15) is 17.4 Å². The summed E-state index contributed by atoms with van der Waals surface area (Å²) in [5.74, 6) is 0.711. The summed E-state index contributed by atoms with van der Waals surface area (Å²) in [5.41, 5.74) is 0. The molecule has 0 saturated carbocycles. The van der Waals surface area contributed by atoms with Gasteiger partial charge in [-0.25, -0.2) is 0 Å². The Morgan fingerprint density at radius 1 is 1.38 bits per heavy atom. The monoisotopic (exact) mass is 319 g/mol. The molecule has 7 heteroatoms. The van der Waals surface area contributed by atoms with Crippen molar-refractivity contribution in [3.63, 3.8) is 0 Å². The maximum atomic E-state index is 12.5. The average Bonchev–Trinajstić information content (AvgIpc) is 2.99. The standard InChI is InChI=1S/C14H29N3O3S/c1-3-15-9-13-5-4-7-17(10-13)21(18,19)16-12(2)14-6-8-20-11-14/h12-16H,3-11H2,1-2H3. The van der Waals surface area contributed by atoms with Crippen molar-refractivity contribution < 1.29 is 13.2 Å². The van der Waals surface area contributed by atoms with Gasteiger partial charge in [0, 0.05) is 31.7 Å². The average molecular weight is 319 g/mol. The molecule has 2 aliphatic rings. The van der Waals surface area contributed by atoms with Crippen molar-refractivity contribution in [1.29, 1.82) is 0 Å². The van der Waals surface area contributed by atoms with E-state index in [1.54, 1.807) is 4.31 Å². The SMILES string of the molecule is CCNCC1CCCN(S(=O)(=O)NC(C)C2CCOC2)C1. The van der Waals surface area contributed by atoms with Crippen LogP contribution in [0.15, 0.2) is 0 Å². The van der Waals surface area contributed by atoms with Gasteiger partial charge in [0.05, 0.1) is 6.61 Å². The highest BCUT2D eigenvalue weighted by atomic mass is 32.2. The molecule has 3 atom stereocenters. The Bertz CT molecular complexity index is 410. The predicted octanol–water partition coefficient (Wildman–Crippen LogP) is 0.567. The quantitative estimate of drug-likeness (QED) is 0.720. The first-order chi connectivity index (χ1) is 10.0. The lowest BCUT2D eigenvalue weighted by Gasteiger charge is -2.33. The molecule has 0 aromatic carbocycles. The molecule has 0 amide bonds. The highest BCUT2D eigenvalue weighted by Crippen LogP contribution is 2.21. The van der Waals surface area contributed by atoms with Crippen molar-refractivity contribution in [2.24, 2.45) is 11.8 Å². The molecule has 0 aliphatic carbocycles. The van der Waals surface area contributed by atoms with Gasteiger partial charge in [-0.15, -0.1) is 0 Å². The molecule has 0 aromatic rings. The second kappa shape index (κ2) is 7.87. The Balaban J connectivity index is 1.88. The highest BCUT2D eigenvalue weighted by Gasteiger charge is 2.32. The van der Waals surface area contributed by atoms with Crippen LogP contribution in [0.3, 0.4) is 0 Å². The molecule has 2 N–H and O–H groups in total. The molecule has 0 aromatic heterocycles. The number of ether oxygens (including phenoxy) is 1. The van der Waals surface area contributed by atoms with Crippen molar-refractivity contribution in [2.45, 2.75) is 39.2 Å². The van der Waals surface area contributed by atoms with Gasteiger partial charge >= 0.3 is 0 Å². The summed E-state index contributed by atoms with van der Waals surface area (Å²) < 4.78 is 34.9. The van der Waals surface area contributed by atoms with E-state index >= 15 is 0 Å². The first kappa shape index (κ1) is 17.1. The van der Waals surface area contributed by atoms with E-state index in [1.165, 1.54) is 0 Å². The molecular weight excluding hydrogens is 290 g/mol. The number of nitrogens with one attached hydrogen (secondary N) is 2. The van der Waals surface area contributed by atoms with E-state index in [9.17, 15) is 8.42 Å². The van der Waals surface area contributed by atoms with Crippen LogP contribution >= 0.6 is 0 Å². The van der Waals surface area contributed by atoms with E-state index in [1.807, 2.05) is 6.92 Å².